The Bertz CT molecular complexity index is 930. The second-order valence-corrected chi connectivity index (χ2v) is 6.91. The van der Waals surface area contributed by atoms with Crippen LogP contribution in [0.2, 0.25) is 0 Å². The van der Waals surface area contributed by atoms with Gasteiger partial charge in [0.05, 0.1) is 29.4 Å². The number of nitrogens with one attached hydrogen (secondary N) is 2. The largest absolute Gasteiger partial charge is 0.393 e. The van der Waals surface area contributed by atoms with Gasteiger partial charge in [-0.2, -0.15) is 5.10 Å². The van der Waals surface area contributed by atoms with Gasteiger partial charge in [0.1, 0.15) is 0 Å². The van der Waals surface area contributed by atoms with Crippen molar-refractivity contribution in [1.82, 2.24) is 20.5 Å². The van der Waals surface area contributed by atoms with Crippen molar-refractivity contribution >= 4 is 16.8 Å². The van der Waals surface area contributed by atoms with Gasteiger partial charge in [0.2, 0.25) is 0 Å². The predicted molar refractivity (Wildman–Crippen MR) is 98.6 cm³/mol. The Balaban J connectivity index is 1.64. The van der Waals surface area contributed by atoms with E-state index in [4.69, 9.17) is 0 Å². The molecule has 0 spiro atoms. The molecule has 2 heterocycles. The number of aryl methyl sites for hydroxylation is 1. The zero-order valence-electron chi connectivity index (χ0n) is 14.6. The molecule has 3 N–H and O–H groups in total. The van der Waals surface area contributed by atoms with Crippen molar-refractivity contribution in [3.63, 3.8) is 0 Å². The highest BCUT2D eigenvalue weighted by atomic mass is 16.3. The van der Waals surface area contributed by atoms with Crippen LogP contribution in [0.5, 0.6) is 0 Å². The molecule has 1 fully saturated rings. The highest BCUT2D eigenvalue weighted by Crippen LogP contribution is 2.38. The number of hydrogen-bond donors (Lipinski definition) is 3. The van der Waals surface area contributed by atoms with E-state index in [-0.39, 0.29) is 24.0 Å². The molecule has 1 aromatic carbocycles. The van der Waals surface area contributed by atoms with Crippen LogP contribution in [0.25, 0.3) is 10.9 Å². The summed E-state index contributed by atoms with van der Waals surface area (Å²) in [4.78, 5) is 17.3. The fourth-order valence-electron chi connectivity index (χ4n) is 3.63. The monoisotopic (exact) mass is 350 g/mol. The average molecular weight is 350 g/mol. The third-order valence-electron chi connectivity index (χ3n) is 5.19. The van der Waals surface area contributed by atoms with Crippen molar-refractivity contribution in [3.05, 3.63) is 59.5 Å². The number of aromatic nitrogens is 3. The number of amides is 1. The maximum absolute atomic E-state index is 12.8. The number of nitrogens with zero attached hydrogens (tertiary/aromatic N) is 2. The van der Waals surface area contributed by atoms with Gasteiger partial charge in [-0.05, 0) is 42.9 Å². The molecule has 4 rings (SSSR count). The summed E-state index contributed by atoms with van der Waals surface area (Å²) in [7, 11) is 0. The lowest BCUT2D eigenvalue weighted by Gasteiger charge is -2.38. The number of H-pyrrole nitrogens is 1. The summed E-state index contributed by atoms with van der Waals surface area (Å²) in [6.45, 7) is 1.98. The number of aromatic amines is 1. The molecule has 1 amide bonds. The Morgan fingerprint density at radius 2 is 2.15 bits per heavy atom. The molecule has 0 bridgehead atoms. The number of aliphatic hydroxyl groups is 1. The van der Waals surface area contributed by atoms with Gasteiger partial charge in [-0.15, -0.1) is 0 Å². The second-order valence-electron chi connectivity index (χ2n) is 6.91. The number of aliphatic hydroxyl groups excluding tert-OH is 1. The number of benzene rings is 1. The Morgan fingerprint density at radius 3 is 2.92 bits per heavy atom. The minimum Gasteiger partial charge on any atom is -0.393 e. The lowest BCUT2D eigenvalue weighted by Crippen LogP contribution is -2.41. The molecule has 1 aliphatic rings. The van der Waals surface area contributed by atoms with E-state index in [0.29, 0.717) is 24.8 Å². The van der Waals surface area contributed by atoms with E-state index in [1.807, 2.05) is 37.4 Å². The van der Waals surface area contributed by atoms with Crippen molar-refractivity contribution in [2.24, 2.45) is 5.92 Å². The van der Waals surface area contributed by atoms with Gasteiger partial charge >= 0.3 is 0 Å². The first-order valence-electron chi connectivity index (χ1n) is 9.01. The van der Waals surface area contributed by atoms with Gasteiger partial charge in [0.15, 0.2) is 0 Å². The van der Waals surface area contributed by atoms with Gasteiger partial charge < -0.3 is 10.4 Å². The third-order valence-corrected chi connectivity index (χ3v) is 5.19. The van der Waals surface area contributed by atoms with Crippen LogP contribution in [0, 0.1) is 5.92 Å². The topological polar surface area (TPSA) is 90.9 Å². The predicted octanol–water partition coefficient (Wildman–Crippen LogP) is 2.76. The van der Waals surface area contributed by atoms with Crippen LogP contribution in [-0.2, 0) is 6.42 Å². The molecule has 3 aromatic rings. The van der Waals surface area contributed by atoms with Gasteiger partial charge in [0, 0.05) is 17.3 Å². The summed E-state index contributed by atoms with van der Waals surface area (Å²) in [6.07, 6.45) is 5.20. The molecule has 134 valence electrons. The minimum atomic E-state index is -0.284. The molecule has 2 aromatic heterocycles. The first kappa shape index (κ1) is 16.7. The first-order chi connectivity index (χ1) is 12.7. The maximum atomic E-state index is 12.8. The molecule has 26 heavy (non-hydrogen) atoms. The molecule has 1 atom stereocenters. The molecule has 6 nitrogen and oxygen atoms in total. The molecule has 6 heteroatoms. The highest BCUT2D eigenvalue weighted by molar-refractivity contribution is 5.95. The summed E-state index contributed by atoms with van der Waals surface area (Å²) in [6, 6.07) is 9.83. The van der Waals surface area contributed by atoms with Crippen molar-refractivity contribution < 1.29 is 9.90 Å². The Morgan fingerprint density at radius 1 is 1.35 bits per heavy atom. The zero-order chi connectivity index (χ0) is 18.1. The smallest absolute Gasteiger partial charge is 0.255 e. The van der Waals surface area contributed by atoms with E-state index in [9.17, 15) is 9.90 Å². The summed E-state index contributed by atoms with van der Waals surface area (Å²) < 4.78 is 0. The molecular weight excluding hydrogens is 328 g/mol. The van der Waals surface area contributed by atoms with Crippen LogP contribution >= 0.6 is 0 Å². The Kier molecular flexibility index (Phi) is 4.42. The standard InChI is InChI=1S/C20H22N4O2/c1-2-17-16(11-22-24-17)20(26)23-19(13-8-15(25)9-13)14-7-12-5-3-4-6-18(12)21-10-14/h3-7,10-11,13,15,19,25H,2,8-9H2,1H3,(H,22,24)(H,23,26)/t13?,15?,19-/m1/s1. The van der Waals surface area contributed by atoms with Crippen molar-refractivity contribution in [2.75, 3.05) is 0 Å². The molecule has 0 unspecified atom stereocenters. The maximum Gasteiger partial charge on any atom is 0.255 e. The SMILES string of the molecule is CCc1[nH]ncc1C(=O)N[C@@H](c1cnc2ccccc2c1)C1CC(O)C1. The molecule has 1 aliphatic carbocycles. The van der Waals surface area contributed by atoms with Gasteiger partial charge in [-0.1, -0.05) is 25.1 Å². The highest BCUT2D eigenvalue weighted by Gasteiger charge is 2.36. The molecule has 0 aliphatic heterocycles. The summed E-state index contributed by atoms with van der Waals surface area (Å²) in [5.74, 6) is 0.0593. The van der Waals surface area contributed by atoms with Crippen LogP contribution in [0.3, 0.4) is 0 Å². The van der Waals surface area contributed by atoms with Crippen LogP contribution in [-0.4, -0.2) is 32.3 Å². The molecule has 0 radical (unpaired) electrons. The molecule has 1 saturated carbocycles. The fourth-order valence-corrected chi connectivity index (χ4v) is 3.63. The van der Waals surface area contributed by atoms with Gasteiger partial charge in [0.25, 0.3) is 5.91 Å². The van der Waals surface area contributed by atoms with Crippen LogP contribution in [0.1, 0.15) is 47.4 Å². The summed E-state index contributed by atoms with van der Waals surface area (Å²) in [5, 5.41) is 20.8. The van der Waals surface area contributed by atoms with E-state index in [1.54, 1.807) is 6.20 Å². The molecule has 0 saturated heterocycles. The Hall–Kier alpha value is -2.73. The minimum absolute atomic E-state index is 0.143. The quantitative estimate of drug-likeness (QED) is 0.660. The number of hydrogen-bond acceptors (Lipinski definition) is 4. The van der Waals surface area contributed by atoms with E-state index < -0.39 is 0 Å². The van der Waals surface area contributed by atoms with Crippen molar-refractivity contribution in [3.8, 4) is 0 Å². The number of carbonyl (C=O) groups is 1. The number of pyridine rings is 1. The Labute approximate surface area is 151 Å². The number of para-hydroxylation sites is 1. The summed E-state index contributed by atoms with van der Waals surface area (Å²) >= 11 is 0. The van der Waals surface area contributed by atoms with Crippen LogP contribution in [0.15, 0.2) is 42.7 Å². The van der Waals surface area contributed by atoms with E-state index in [0.717, 1.165) is 22.2 Å². The van der Waals surface area contributed by atoms with Crippen LogP contribution < -0.4 is 5.32 Å². The normalized spacial score (nSPS) is 20.5. The zero-order valence-corrected chi connectivity index (χ0v) is 14.6. The lowest BCUT2D eigenvalue weighted by atomic mass is 9.75. The lowest BCUT2D eigenvalue weighted by molar-refractivity contribution is 0.0235. The summed E-state index contributed by atoms with van der Waals surface area (Å²) in [5.41, 5.74) is 3.30. The van der Waals surface area contributed by atoms with Crippen LogP contribution in [0.4, 0.5) is 0 Å². The number of fused-ring (bicyclic) bond motifs is 1. The van der Waals surface area contributed by atoms with Crippen molar-refractivity contribution in [2.45, 2.75) is 38.3 Å². The average Bonchev–Trinajstić information content (AvgIpc) is 3.12. The number of rotatable bonds is 5. The third kappa shape index (κ3) is 3.08. The van der Waals surface area contributed by atoms with E-state index in [2.05, 4.69) is 26.6 Å². The van der Waals surface area contributed by atoms with E-state index >= 15 is 0 Å². The number of carbonyl (C=O) groups excluding carboxylic acids is 1. The van der Waals surface area contributed by atoms with E-state index in [1.165, 1.54) is 0 Å². The fraction of sp³-hybridized carbons (Fsp3) is 0.350. The van der Waals surface area contributed by atoms with Gasteiger partial charge in [-0.3, -0.25) is 14.9 Å². The van der Waals surface area contributed by atoms with Gasteiger partial charge in [-0.25, -0.2) is 0 Å². The second kappa shape index (κ2) is 6.88. The van der Waals surface area contributed by atoms with Crippen molar-refractivity contribution in [1.29, 1.82) is 0 Å². The molecular formula is C20H22N4O2. The first-order valence-corrected chi connectivity index (χ1v) is 9.01.